The van der Waals surface area contributed by atoms with E-state index in [-0.39, 0.29) is 11.5 Å². The first kappa shape index (κ1) is 23.4. The number of benzene rings is 2. The third kappa shape index (κ3) is 6.31. The highest BCUT2D eigenvalue weighted by Crippen LogP contribution is 2.42. The highest BCUT2D eigenvalue weighted by molar-refractivity contribution is 14.1. The van der Waals surface area contributed by atoms with E-state index in [0.29, 0.717) is 16.8 Å². The van der Waals surface area contributed by atoms with Crippen molar-refractivity contribution in [3.8, 4) is 5.75 Å². The number of halogens is 1. The molecule has 0 saturated carbocycles. The molecule has 30 heavy (non-hydrogen) atoms. The van der Waals surface area contributed by atoms with Crippen LogP contribution in [0.2, 0.25) is 0 Å². The van der Waals surface area contributed by atoms with Crippen molar-refractivity contribution in [3.05, 3.63) is 69.3 Å². The third-order valence-electron chi connectivity index (χ3n) is 4.37. The van der Waals surface area contributed by atoms with Crippen molar-refractivity contribution in [3.63, 3.8) is 0 Å². The molecule has 0 saturated heterocycles. The zero-order chi connectivity index (χ0) is 22.5. The summed E-state index contributed by atoms with van der Waals surface area (Å²) in [6.07, 6.45) is 0.624. The van der Waals surface area contributed by atoms with Crippen molar-refractivity contribution in [1.82, 2.24) is 0 Å². The molecule has 0 aliphatic heterocycles. The quantitative estimate of drug-likeness (QED) is 0.263. The van der Waals surface area contributed by atoms with Gasteiger partial charge >= 0.3 is 12.1 Å². The molecule has 0 fully saturated rings. The van der Waals surface area contributed by atoms with E-state index in [0.717, 1.165) is 9.65 Å². The van der Waals surface area contributed by atoms with E-state index in [4.69, 9.17) is 9.84 Å². The van der Waals surface area contributed by atoms with E-state index in [1.807, 2.05) is 0 Å². The first-order chi connectivity index (χ1) is 14.0. The number of ketones is 1. The summed E-state index contributed by atoms with van der Waals surface area (Å²) >= 11 is 2.07. The number of hydrogen-bond acceptors (Lipinski definition) is 5. The van der Waals surface area contributed by atoms with Gasteiger partial charge < -0.3 is 14.9 Å². The first-order valence-electron chi connectivity index (χ1n) is 8.99. The number of carboxylic acid groups (broad SMARTS) is 1. The van der Waals surface area contributed by atoms with Crippen LogP contribution in [0, 0.1) is 8.99 Å². The van der Waals surface area contributed by atoms with Gasteiger partial charge in [0.25, 0.3) is 0 Å². The van der Waals surface area contributed by atoms with Gasteiger partial charge in [-0.3, -0.25) is 10.1 Å². The van der Waals surface area contributed by atoms with E-state index in [9.17, 15) is 19.5 Å². The summed E-state index contributed by atoms with van der Waals surface area (Å²) in [7, 11) is 0. The zero-order valence-corrected chi connectivity index (χ0v) is 18.8. The predicted octanol–water partition coefficient (Wildman–Crippen LogP) is 5.16. The lowest BCUT2D eigenvalue weighted by Crippen LogP contribution is -2.28. The molecule has 0 aliphatic carbocycles. The van der Waals surface area contributed by atoms with Crippen LogP contribution in [-0.4, -0.2) is 28.1 Å². The van der Waals surface area contributed by atoms with Crippen LogP contribution in [0.4, 0.5) is 10.5 Å². The Balaban J connectivity index is 2.32. The fraction of sp³-hybridized carbons (Fsp3) is 0.227. The number of rotatable bonds is 7. The molecule has 0 spiro atoms. The Labute approximate surface area is 187 Å². The van der Waals surface area contributed by atoms with E-state index in [1.54, 1.807) is 50.2 Å². The number of aliphatic carboxylic acids is 1. The molecule has 3 N–H and O–H groups in total. The Kier molecular flexibility index (Phi) is 7.60. The van der Waals surface area contributed by atoms with Gasteiger partial charge in [-0.1, -0.05) is 19.9 Å². The Morgan fingerprint density at radius 1 is 1.13 bits per heavy atom. The lowest BCUT2D eigenvalue weighted by molar-refractivity contribution is -0.131. The standard InChI is InChI=1S/C22H22INO6/c1-13(25)14-4-7-16(8-5-14)24-21(29)30-20(22(2,3)11-10-19(27)28)17-12-15(23)6-9-18(17)26/h4-12,20,26H,1-3H3,(H,24,29)(H,27,28)/b11-10+/t20-/m1/s1. The molecule has 8 heteroatoms. The van der Waals surface area contributed by atoms with Gasteiger partial charge in [0.2, 0.25) is 0 Å². The van der Waals surface area contributed by atoms with E-state index in [2.05, 4.69) is 27.9 Å². The van der Waals surface area contributed by atoms with Crippen molar-refractivity contribution >= 4 is 46.1 Å². The van der Waals surface area contributed by atoms with Crippen molar-refractivity contribution < 1.29 is 29.3 Å². The van der Waals surface area contributed by atoms with Gasteiger partial charge in [-0.25, -0.2) is 9.59 Å². The number of carbonyl (C=O) groups is 3. The highest BCUT2D eigenvalue weighted by atomic mass is 127. The predicted molar refractivity (Wildman–Crippen MR) is 121 cm³/mol. The number of carboxylic acids is 1. The fourth-order valence-electron chi connectivity index (χ4n) is 2.77. The summed E-state index contributed by atoms with van der Waals surface area (Å²) in [6, 6.07) is 11.2. The van der Waals surface area contributed by atoms with Crippen molar-refractivity contribution in [2.75, 3.05) is 5.32 Å². The summed E-state index contributed by atoms with van der Waals surface area (Å²) in [5, 5.41) is 21.9. The highest BCUT2D eigenvalue weighted by Gasteiger charge is 2.34. The maximum Gasteiger partial charge on any atom is 0.412 e. The number of phenols is 1. The van der Waals surface area contributed by atoms with E-state index in [1.165, 1.54) is 19.1 Å². The molecule has 0 unspecified atom stereocenters. The number of amides is 1. The zero-order valence-electron chi connectivity index (χ0n) is 16.7. The Bertz CT molecular complexity index is 982. The van der Waals surface area contributed by atoms with Gasteiger partial charge in [0.15, 0.2) is 5.78 Å². The van der Waals surface area contributed by atoms with Crippen LogP contribution >= 0.6 is 22.6 Å². The smallest absolute Gasteiger partial charge is 0.412 e. The maximum absolute atomic E-state index is 12.6. The second kappa shape index (κ2) is 9.75. The lowest BCUT2D eigenvalue weighted by Gasteiger charge is -2.32. The minimum Gasteiger partial charge on any atom is -0.508 e. The first-order valence-corrected chi connectivity index (χ1v) is 10.1. The molecule has 0 aromatic heterocycles. The Morgan fingerprint density at radius 3 is 2.33 bits per heavy atom. The van der Waals surface area contributed by atoms with Gasteiger partial charge in [0, 0.05) is 31.9 Å². The third-order valence-corrected chi connectivity index (χ3v) is 5.04. The van der Waals surface area contributed by atoms with Crippen LogP contribution in [0.25, 0.3) is 0 Å². The molecule has 7 nitrogen and oxygen atoms in total. The number of nitrogens with one attached hydrogen (secondary N) is 1. The van der Waals surface area contributed by atoms with E-state index < -0.39 is 23.6 Å². The minimum atomic E-state index is -1.14. The number of ether oxygens (including phenoxy) is 1. The summed E-state index contributed by atoms with van der Waals surface area (Å²) < 4.78 is 6.44. The molecular weight excluding hydrogens is 501 g/mol. The second-order valence-electron chi connectivity index (χ2n) is 7.24. The van der Waals surface area contributed by atoms with Crippen LogP contribution in [0.3, 0.4) is 0 Å². The number of aromatic hydroxyl groups is 1. The molecule has 0 radical (unpaired) electrons. The van der Waals surface area contributed by atoms with Gasteiger partial charge in [-0.15, -0.1) is 0 Å². The number of carbonyl (C=O) groups excluding carboxylic acids is 2. The SMILES string of the molecule is CC(=O)c1ccc(NC(=O)O[C@H](c2cc(I)ccc2O)C(C)(C)/C=C/C(=O)O)cc1. The average molecular weight is 523 g/mol. The largest absolute Gasteiger partial charge is 0.508 e. The second-order valence-corrected chi connectivity index (χ2v) is 8.49. The van der Waals surface area contributed by atoms with Crippen LogP contribution in [0.5, 0.6) is 5.75 Å². The molecule has 0 heterocycles. The lowest BCUT2D eigenvalue weighted by atomic mass is 9.81. The molecule has 2 aromatic rings. The number of Topliss-reactive ketones (excluding diaryl/α,β-unsaturated/α-hetero) is 1. The minimum absolute atomic E-state index is 0.0733. The molecule has 2 rings (SSSR count). The average Bonchev–Trinajstić information content (AvgIpc) is 2.67. The summed E-state index contributed by atoms with van der Waals surface area (Å²) in [5.41, 5.74) is 0.338. The van der Waals surface area contributed by atoms with E-state index >= 15 is 0 Å². The molecule has 158 valence electrons. The van der Waals surface area contributed by atoms with Gasteiger partial charge in [-0.05, 0) is 72.0 Å². The monoisotopic (exact) mass is 523 g/mol. The number of hydrogen-bond donors (Lipinski definition) is 3. The van der Waals surface area contributed by atoms with Crippen LogP contribution in [0.1, 0.15) is 42.8 Å². The van der Waals surface area contributed by atoms with Crippen molar-refractivity contribution in [2.45, 2.75) is 26.9 Å². The van der Waals surface area contributed by atoms with Gasteiger partial charge in [-0.2, -0.15) is 0 Å². The topological polar surface area (TPSA) is 113 Å². The summed E-state index contributed by atoms with van der Waals surface area (Å²) in [4.78, 5) is 34.9. The van der Waals surface area contributed by atoms with Crippen molar-refractivity contribution in [1.29, 1.82) is 0 Å². The van der Waals surface area contributed by atoms with Crippen LogP contribution < -0.4 is 5.32 Å². The molecule has 1 atom stereocenters. The van der Waals surface area contributed by atoms with Gasteiger partial charge in [0.05, 0.1) is 0 Å². The number of phenolic OH excluding ortho intramolecular Hbond substituents is 1. The molecule has 0 aliphatic rings. The normalized spacial score (nSPS) is 12.4. The molecular formula is C22H22INO6. The molecule has 0 bridgehead atoms. The number of anilines is 1. The maximum atomic E-state index is 12.6. The van der Waals surface area contributed by atoms with Crippen LogP contribution in [0.15, 0.2) is 54.6 Å². The van der Waals surface area contributed by atoms with Crippen molar-refractivity contribution in [2.24, 2.45) is 5.41 Å². The summed E-state index contributed by atoms with van der Waals surface area (Å²) in [5.74, 6) is -1.30. The Hall–Kier alpha value is -2.88. The van der Waals surface area contributed by atoms with Gasteiger partial charge in [0.1, 0.15) is 11.9 Å². The fourth-order valence-corrected chi connectivity index (χ4v) is 3.28. The molecule has 1 amide bonds. The molecule has 2 aromatic carbocycles. The van der Waals surface area contributed by atoms with Crippen LogP contribution in [-0.2, 0) is 9.53 Å². The summed E-state index contributed by atoms with van der Waals surface area (Å²) in [6.45, 7) is 4.85. The Morgan fingerprint density at radius 2 is 1.77 bits per heavy atom.